The Morgan fingerprint density at radius 1 is 0.417 bits per heavy atom. The molecule has 0 N–H and O–H groups in total. The standard InChI is InChI=1S/2C4H8Cl2/c2*5-3-1-2-4-6/h2*1-4H2. The van der Waals surface area contributed by atoms with Crippen LogP contribution in [0.3, 0.4) is 0 Å². The third-order valence-corrected chi connectivity index (χ3v) is 2.10. The maximum absolute atomic E-state index is 5.32. The predicted octanol–water partition coefficient (Wildman–Crippen LogP) is 4.49. The third-order valence-electron chi connectivity index (χ3n) is 1.03. The van der Waals surface area contributed by atoms with E-state index in [1.54, 1.807) is 0 Å². The molecule has 0 fully saturated rings. The molecule has 0 heterocycles. The number of halogens is 4. The van der Waals surface area contributed by atoms with Gasteiger partial charge < -0.3 is 0 Å². The quantitative estimate of drug-likeness (QED) is 0.484. The van der Waals surface area contributed by atoms with E-state index in [0.29, 0.717) is 0 Å². The molecule has 0 aliphatic carbocycles. The Bertz CT molecular complexity index is 43.0. The molecule has 0 nitrogen and oxygen atoms in total. The Labute approximate surface area is 95.5 Å². The normalized spacial score (nSPS) is 9.00. The molecule has 0 saturated carbocycles. The Morgan fingerprint density at radius 3 is 0.667 bits per heavy atom. The summed E-state index contributed by atoms with van der Waals surface area (Å²) in [6.07, 6.45) is 4.19. The van der Waals surface area contributed by atoms with Gasteiger partial charge >= 0.3 is 0 Å². The van der Waals surface area contributed by atoms with Crippen molar-refractivity contribution in [1.82, 2.24) is 0 Å². The molecule has 0 aromatic rings. The highest BCUT2D eigenvalue weighted by Crippen LogP contribution is 1.92. The average molecular weight is 254 g/mol. The van der Waals surface area contributed by atoms with Gasteiger partial charge in [-0.05, 0) is 25.7 Å². The number of unbranched alkanes of at least 4 members (excludes halogenated alkanes) is 2. The largest absolute Gasteiger partial charge is 0.127 e. The van der Waals surface area contributed by atoms with Gasteiger partial charge in [0, 0.05) is 23.5 Å². The van der Waals surface area contributed by atoms with Gasteiger partial charge in [-0.3, -0.25) is 0 Å². The number of hydrogen-bond acceptors (Lipinski definition) is 0. The van der Waals surface area contributed by atoms with E-state index in [0.717, 1.165) is 49.2 Å². The second-order valence-corrected chi connectivity index (χ2v) is 3.68. The minimum absolute atomic E-state index is 0.743. The maximum Gasteiger partial charge on any atom is 0.0223 e. The highest BCUT2D eigenvalue weighted by molar-refractivity contribution is 6.19. The summed E-state index contributed by atoms with van der Waals surface area (Å²) >= 11 is 21.3. The molecule has 0 spiro atoms. The summed E-state index contributed by atoms with van der Waals surface area (Å²) in [7, 11) is 0. The Balaban J connectivity index is 0. The van der Waals surface area contributed by atoms with Gasteiger partial charge in [0.05, 0.1) is 0 Å². The van der Waals surface area contributed by atoms with Crippen molar-refractivity contribution < 1.29 is 0 Å². The van der Waals surface area contributed by atoms with E-state index in [1.165, 1.54) is 0 Å². The van der Waals surface area contributed by atoms with Gasteiger partial charge in [0.2, 0.25) is 0 Å². The summed E-state index contributed by atoms with van der Waals surface area (Å²) in [6, 6.07) is 0. The lowest BCUT2D eigenvalue weighted by atomic mass is 10.4. The highest BCUT2D eigenvalue weighted by Gasteiger charge is 1.78. The first-order chi connectivity index (χ1) is 5.83. The molecule has 0 atom stereocenters. The molecule has 0 rings (SSSR count). The molecule has 0 unspecified atom stereocenters. The van der Waals surface area contributed by atoms with Gasteiger partial charge in [-0.25, -0.2) is 0 Å². The van der Waals surface area contributed by atoms with Crippen LogP contribution in [0.5, 0.6) is 0 Å². The lowest BCUT2D eigenvalue weighted by Gasteiger charge is -1.83. The first-order valence-electron chi connectivity index (χ1n) is 4.07. The summed E-state index contributed by atoms with van der Waals surface area (Å²) in [5.41, 5.74) is 0. The van der Waals surface area contributed by atoms with Gasteiger partial charge in [-0.1, -0.05) is 0 Å². The Morgan fingerprint density at radius 2 is 0.583 bits per heavy atom. The van der Waals surface area contributed by atoms with Crippen molar-refractivity contribution in [3.63, 3.8) is 0 Å². The molecule has 0 radical (unpaired) electrons. The van der Waals surface area contributed by atoms with Crippen LogP contribution in [-0.2, 0) is 0 Å². The zero-order chi connectivity index (χ0) is 9.66. The van der Waals surface area contributed by atoms with Crippen molar-refractivity contribution in [2.45, 2.75) is 25.7 Å². The van der Waals surface area contributed by atoms with Gasteiger partial charge in [-0.15, -0.1) is 46.4 Å². The summed E-state index contributed by atoms with van der Waals surface area (Å²) in [5.74, 6) is 2.97. The third kappa shape index (κ3) is 22.5. The van der Waals surface area contributed by atoms with Crippen molar-refractivity contribution in [1.29, 1.82) is 0 Å². The minimum atomic E-state index is 0.743. The van der Waals surface area contributed by atoms with Gasteiger partial charge in [0.25, 0.3) is 0 Å². The molecule has 0 aliphatic heterocycles. The first kappa shape index (κ1) is 15.6. The van der Waals surface area contributed by atoms with E-state index in [2.05, 4.69) is 0 Å². The number of alkyl halides is 4. The molecule has 0 aromatic heterocycles. The number of hydrogen-bond donors (Lipinski definition) is 0. The van der Waals surface area contributed by atoms with Crippen LogP contribution in [0.2, 0.25) is 0 Å². The van der Waals surface area contributed by atoms with Crippen molar-refractivity contribution in [3.8, 4) is 0 Å². The average Bonchev–Trinajstić information content (AvgIpc) is 2.12. The lowest BCUT2D eigenvalue weighted by Crippen LogP contribution is -1.74. The lowest BCUT2D eigenvalue weighted by molar-refractivity contribution is 0.899. The van der Waals surface area contributed by atoms with E-state index >= 15 is 0 Å². The Hall–Kier alpha value is 1.16. The molecule has 76 valence electrons. The SMILES string of the molecule is ClCCCCCl.ClCCCCCl. The summed E-state index contributed by atoms with van der Waals surface area (Å²) < 4.78 is 0. The fraction of sp³-hybridized carbons (Fsp3) is 1.00. The predicted molar refractivity (Wildman–Crippen MR) is 61.3 cm³/mol. The zero-order valence-electron chi connectivity index (χ0n) is 7.17. The van der Waals surface area contributed by atoms with Crippen molar-refractivity contribution in [2.24, 2.45) is 0 Å². The molecule has 0 bridgehead atoms. The number of rotatable bonds is 6. The monoisotopic (exact) mass is 252 g/mol. The van der Waals surface area contributed by atoms with Crippen LogP contribution >= 0.6 is 46.4 Å². The molecule has 0 saturated heterocycles. The zero-order valence-corrected chi connectivity index (χ0v) is 10.2. The Kier molecular flexibility index (Phi) is 23.5. The van der Waals surface area contributed by atoms with Crippen LogP contribution in [-0.4, -0.2) is 23.5 Å². The molecular weight excluding hydrogens is 238 g/mol. The van der Waals surface area contributed by atoms with Gasteiger partial charge in [0.1, 0.15) is 0 Å². The van der Waals surface area contributed by atoms with Crippen molar-refractivity contribution in [3.05, 3.63) is 0 Å². The van der Waals surface area contributed by atoms with E-state index in [1.807, 2.05) is 0 Å². The van der Waals surface area contributed by atoms with Crippen LogP contribution in [0.4, 0.5) is 0 Å². The van der Waals surface area contributed by atoms with Crippen LogP contribution in [0, 0.1) is 0 Å². The second-order valence-electron chi connectivity index (χ2n) is 2.17. The molecule has 0 amide bonds. The van der Waals surface area contributed by atoms with E-state index < -0.39 is 0 Å². The molecular formula is C8H16Cl4. The summed E-state index contributed by atoms with van der Waals surface area (Å²) in [4.78, 5) is 0. The minimum Gasteiger partial charge on any atom is -0.127 e. The second kappa shape index (κ2) is 18.0. The van der Waals surface area contributed by atoms with Crippen LogP contribution in [0.15, 0.2) is 0 Å². The van der Waals surface area contributed by atoms with Crippen LogP contribution < -0.4 is 0 Å². The summed E-state index contributed by atoms with van der Waals surface area (Å²) in [5, 5.41) is 0. The molecule has 0 aliphatic rings. The van der Waals surface area contributed by atoms with E-state index in [4.69, 9.17) is 46.4 Å². The van der Waals surface area contributed by atoms with Gasteiger partial charge in [-0.2, -0.15) is 0 Å². The fourth-order valence-electron chi connectivity index (χ4n) is 0.378. The van der Waals surface area contributed by atoms with Gasteiger partial charge in [0.15, 0.2) is 0 Å². The maximum atomic E-state index is 5.32. The summed E-state index contributed by atoms with van der Waals surface area (Å²) in [6.45, 7) is 0. The molecule has 4 heteroatoms. The van der Waals surface area contributed by atoms with Crippen molar-refractivity contribution >= 4 is 46.4 Å². The molecule has 12 heavy (non-hydrogen) atoms. The van der Waals surface area contributed by atoms with E-state index in [9.17, 15) is 0 Å². The smallest absolute Gasteiger partial charge is 0.0223 e. The first-order valence-corrected chi connectivity index (χ1v) is 6.21. The van der Waals surface area contributed by atoms with Crippen molar-refractivity contribution in [2.75, 3.05) is 23.5 Å². The highest BCUT2D eigenvalue weighted by atomic mass is 35.5. The fourth-order valence-corrected chi connectivity index (χ4v) is 1.13. The topological polar surface area (TPSA) is 0 Å². The van der Waals surface area contributed by atoms with E-state index in [-0.39, 0.29) is 0 Å². The van der Waals surface area contributed by atoms with Crippen LogP contribution in [0.25, 0.3) is 0 Å². The van der Waals surface area contributed by atoms with Crippen LogP contribution in [0.1, 0.15) is 25.7 Å². The molecule has 0 aromatic carbocycles.